The summed E-state index contributed by atoms with van der Waals surface area (Å²) in [5.41, 5.74) is -4.28. The minimum atomic E-state index is -1.86. The first-order valence-electron chi connectivity index (χ1n) is 25.1. The molecule has 0 amide bonds. The largest absolute Gasteiger partial charge is 0.493 e. The van der Waals surface area contributed by atoms with Crippen molar-refractivity contribution in [3.63, 3.8) is 0 Å². The van der Waals surface area contributed by atoms with Crippen LogP contribution in [0.5, 0.6) is 11.5 Å². The molecule has 3 fully saturated rings. The third-order valence-electron chi connectivity index (χ3n) is 15.3. The smallest absolute Gasteiger partial charge is 0.336 e. The quantitative estimate of drug-likeness (QED) is 0.151. The lowest BCUT2D eigenvalue weighted by atomic mass is 9.77. The van der Waals surface area contributed by atoms with Gasteiger partial charge in [-0.1, -0.05) is 20.8 Å². The molecule has 20 heteroatoms. The summed E-state index contributed by atoms with van der Waals surface area (Å²) in [7, 11) is 10.1. The molecule has 0 bridgehead atoms. The maximum atomic E-state index is 14.6. The van der Waals surface area contributed by atoms with E-state index in [2.05, 4.69) is 0 Å². The summed E-state index contributed by atoms with van der Waals surface area (Å²) in [5, 5.41) is 48.3. The van der Waals surface area contributed by atoms with Crippen molar-refractivity contribution in [1.82, 2.24) is 9.80 Å². The van der Waals surface area contributed by atoms with Gasteiger partial charge >= 0.3 is 17.6 Å². The summed E-state index contributed by atoms with van der Waals surface area (Å²) in [4.78, 5) is 45.1. The number of carbonyl (C=O) groups is 2. The molecule has 0 saturated carbocycles. The lowest BCUT2D eigenvalue weighted by Gasteiger charge is -2.49. The summed E-state index contributed by atoms with van der Waals surface area (Å²) >= 11 is 1.24. The van der Waals surface area contributed by atoms with Crippen molar-refractivity contribution in [1.29, 1.82) is 0 Å². The zero-order valence-electron chi connectivity index (χ0n) is 45.2. The number of fused-ring (bicyclic) bond motifs is 1. The highest BCUT2D eigenvalue weighted by Gasteiger charge is 2.53. The molecule has 0 aliphatic carbocycles. The highest BCUT2D eigenvalue weighted by molar-refractivity contribution is 7.99. The van der Waals surface area contributed by atoms with Gasteiger partial charge in [0.05, 0.1) is 67.6 Å². The number of esters is 2. The van der Waals surface area contributed by atoms with Crippen LogP contribution in [0, 0.1) is 17.8 Å². The predicted octanol–water partition coefficient (Wildman–Crippen LogP) is 4.51. The summed E-state index contributed by atoms with van der Waals surface area (Å²) in [6, 6.07) is 3.67. The van der Waals surface area contributed by atoms with E-state index in [4.69, 9.17) is 47.0 Å². The number of aliphatic hydroxyl groups excluding tert-OH is 2. The zero-order chi connectivity index (χ0) is 53.8. The predicted molar refractivity (Wildman–Crippen MR) is 270 cm³/mol. The molecular weight excluding hydrogens is 957 g/mol. The fourth-order valence-corrected chi connectivity index (χ4v) is 11.7. The van der Waals surface area contributed by atoms with E-state index >= 15 is 0 Å². The number of ether oxygens (including phenoxy) is 9. The molecule has 3 aliphatic rings. The number of hydrogen-bond donors (Lipinski definition) is 4. The molecule has 5 rings (SSSR count). The van der Waals surface area contributed by atoms with Gasteiger partial charge in [-0.3, -0.25) is 9.59 Å². The van der Waals surface area contributed by atoms with E-state index in [-0.39, 0.29) is 36.7 Å². The second kappa shape index (κ2) is 24.7. The van der Waals surface area contributed by atoms with E-state index in [1.54, 1.807) is 60.6 Å². The molecule has 4 heterocycles. The maximum Gasteiger partial charge on any atom is 0.336 e. The number of aliphatic hydroxyl groups is 4. The van der Waals surface area contributed by atoms with E-state index in [0.29, 0.717) is 41.0 Å². The monoisotopic (exact) mass is 1040 g/mol. The number of hydrogen-bond acceptors (Lipinski definition) is 20. The summed E-state index contributed by atoms with van der Waals surface area (Å²) in [6.07, 6.45) is -9.33. The van der Waals surface area contributed by atoms with Gasteiger partial charge in [0, 0.05) is 55.3 Å². The topological polar surface area (TPSA) is 235 Å². The van der Waals surface area contributed by atoms with Gasteiger partial charge in [0.25, 0.3) is 0 Å². The fourth-order valence-electron chi connectivity index (χ4n) is 11.0. The van der Waals surface area contributed by atoms with Crippen LogP contribution in [0.4, 0.5) is 0 Å². The zero-order valence-corrected chi connectivity index (χ0v) is 46.1. The van der Waals surface area contributed by atoms with E-state index in [0.717, 1.165) is 0 Å². The minimum Gasteiger partial charge on any atom is -0.493 e. The molecule has 410 valence electrons. The Bertz CT molecular complexity index is 2170. The van der Waals surface area contributed by atoms with E-state index in [1.165, 1.54) is 46.1 Å². The highest BCUT2D eigenvalue weighted by Crippen LogP contribution is 2.41. The number of rotatable bonds is 14. The average molecular weight is 1040 g/mol. The van der Waals surface area contributed by atoms with Gasteiger partial charge in [-0.25, -0.2) is 4.79 Å². The first-order valence-corrected chi connectivity index (χ1v) is 26.3. The van der Waals surface area contributed by atoms with Gasteiger partial charge in [0.15, 0.2) is 30.2 Å². The molecule has 19 nitrogen and oxygen atoms in total. The molecule has 18 atom stereocenters. The Kier molecular flexibility index (Phi) is 20.5. The SMILES string of the molecule is CC[C@H]1OC(=O)[C@H](C)[C@@H](O[C@H]2C[C@@](C)(OC)[C@@H](O)[C@H](C)O2)[C@H](C)[C@@H](O[C@@H]2O[C@H](C)C[C@H](N(C)C)[C@H]2OC(=O)CSCc2cc(=O)oc3cc(OC)c(OC)cc23)[C@](C)(O)C[C@@H](C)CN(C)[C@H](C)[C@@H](O)[C@]1(C)O. The summed E-state index contributed by atoms with van der Waals surface area (Å²) < 4.78 is 61.4. The Hall–Kier alpha value is -3.12. The minimum absolute atomic E-state index is 0.0717. The average Bonchev–Trinajstić information content (AvgIpc) is 3.31. The Balaban J connectivity index is 1.54. The molecule has 2 aromatic rings. The first-order chi connectivity index (χ1) is 33.6. The van der Waals surface area contributed by atoms with Crippen molar-refractivity contribution in [2.24, 2.45) is 17.8 Å². The van der Waals surface area contributed by atoms with Crippen LogP contribution in [0.3, 0.4) is 0 Å². The molecule has 1 aromatic heterocycles. The van der Waals surface area contributed by atoms with E-state index in [9.17, 15) is 34.8 Å². The Labute approximate surface area is 429 Å². The van der Waals surface area contributed by atoms with Gasteiger partial charge < -0.3 is 77.3 Å². The number of methoxy groups -OCH3 is 3. The van der Waals surface area contributed by atoms with E-state index in [1.807, 2.05) is 44.8 Å². The molecule has 0 spiro atoms. The van der Waals surface area contributed by atoms with Crippen LogP contribution in [-0.2, 0) is 48.5 Å². The van der Waals surface area contributed by atoms with E-state index < -0.39 is 120 Å². The number of nitrogens with zero attached hydrogens (tertiary/aromatic N) is 2. The molecule has 0 unspecified atom stereocenters. The van der Waals surface area contributed by atoms with Gasteiger partial charge in [0.1, 0.15) is 29.5 Å². The van der Waals surface area contributed by atoms with Crippen LogP contribution in [-0.4, -0.2) is 187 Å². The van der Waals surface area contributed by atoms with Crippen LogP contribution >= 0.6 is 11.8 Å². The van der Waals surface area contributed by atoms with Gasteiger partial charge in [-0.15, -0.1) is 11.8 Å². The van der Waals surface area contributed by atoms with Crippen LogP contribution in [0.2, 0.25) is 0 Å². The van der Waals surface area contributed by atoms with Gasteiger partial charge in [-0.2, -0.15) is 0 Å². The van der Waals surface area contributed by atoms with Crippen LogP contribution in [0.25, 0.3) is 11.0 Å². The van der Waals surface area contributed by atoms with Crippen molar-refractivity contribution in [3.8, 4) is 11.5 Å². The maximum absolute atomic E-state index is 14.6. The van der Waals surface area contributed by atoms with Crippen molar-refractivity contribution < 1.29 is 77.1 Å². The molecule has 1 aromatic carbocycles. The third-order valence-corrected chi connectivity index (χ3v) is 16.2. The standard InChI is InChI=1S/C52H84N2O17S/c1-17-39-52(10,61)45(57)31(6)54(13)24-27(2)22-50(8,60)47(29(4)43(30(5)48(59)68-39)70-42-23-51(9,64-16)46(58)32(7)66-42)71-49-44(35(53(11)12)18-28(3)65-49)69-41(56)26-72-25-33-19-40(55)67-36-21-38(63-15)37(62-14)20-34(33)36/h19-21,27-32,35,39,42-47,49,57-58,60-61H,17-18,22-26H2,1-16H3/t27-,28-,29+,30-,31-,32+,35+,39-,42+,43+,44-,45-,46+,47-,49+,50-,51-,52-/m1/s1. The highest BCUT2D eigenvalue weighted by atomic mass is 32.2. The van der Waals surface area contributed by atoms with Gasteiger partial charge in [0.2, 0.25) is 0 Å². The van der Waals surface area contributed by atoms with Gasteiger partial charge in [-0.05, 0) is 106 Å². The molecule has 4 N–H and O–H groups in total. The first kappa shape index (κ1) is 59.8. The Morgan fingerprint density at radius 1 is 0.903 bits per heavy atom. The molecule has 3 saturated heterocycles. The van der Waals surface area contributed by atoms with Crippen molar-refractivity contribution in [3.05, 3.63) is 34.2 Å². The number of cyclic esters (lactones) is 1. The van der Waals surface area contributed by atoms with Crippen molar-refractivity contribution in [2.75, 3.05) is 54.8 Å². The number of benzene rings is 1. The second-order valence-corrected chi connectivity index (χ2v) is 22.4. The lowest BCUT2D eigenvalue weighted by Crippen LogP contribution is -2.61. The van der Waals surface area contributed by atoms with Crippen LogP contribution < -0.4 is 15.1 Å². The summed E-state index contributed by atoms with van der Waals surface area (Å²) in [5.74, 6) is -2.54. The number of thioether (sulfide) groups is 1. The lowest BCUT2D eigenvalue weighted by molar-refractivity contribution is -0.318. The summed E-state index contributed by atoms with van der Waals surface area (Å²) in [6.45, 7) is 17.8. The van der Waals surface area contributed by atoms with Crippen LogP contribution in [0.15, 0.2) is 27.4 Å². The second-order valence-electron chi connectivity index (χ2n) is 21.4. The molecule has 72 heavy (non-hydrogen) atoms. The number of likely N-dealkylation sites (N-methyl/N-ethyl adjacent to an activating group) is 2. The van der Waals surface area contributed by atoms with Crippen LogP contribution in [0.1, 0.15) is 100 Å². The Morgan fingerprint density at radius 2 is 1.56 bits per heavy atom. The van der Waals surface area contributed by atoms with Crippen molar-refractivity contribution >= 4 is 34.7 Å². The Morgan fingerprint density at radius 3 is 2.17 bits per heavy atom. The molecule has 0 radical (unpaired) electrons. The fraction of sp³-hybridized carbons (Fsp3) is 0.788. The normalized spacial score (nSPS) is 39.0. The van der Waals surface area contributed by atoms with Crippen molar-refractivity contribution in [2.45, 2.75) is 191 Å². The molecule has 3 aliphatic heterocycles. The number of carbonyl (C=O) groups excluding carboxylic acids is 2. The third kappa shape index (κ3) is 13.6. The molecular formula is C52H84N2O17S.